The molecule has 0 spiro atoms. The Kier molecular flexibility index (Phi) is 5.77. The Morgan fingerprint density at radius 1 is 0.844 bits per heavy atom. The fourth-order valence-corrected chi connectivity index (χ4v) is 3.76. The average molecular weight is 428 g/mol. The molecule has 0 aliphatic rings. The molecule has 1 heterocycles. The molecule has 4 aromatic rings. The summed E-state index contributed by atoms with van der Waals surface area (Å²) in [7, 11) is 0. The maximum Gasteiger partial charge on any atom is 0.332 e. The Morgan fingerprint density at radius 2 is 1.56 bits per heavy atom. The topological polar surface area (TPSA) is 73.1 Å². The van der Waals surface area contributed by atoms with Crippen molar-refractivity contribution in [3.63, 3.8) is 0 Å². The van der Waals surface area contributed by atoms with Gasteiger partial charge in [0.05, 0.1) is 17.4 Å². The zero-order valence-electron chi connectivity index (χ0n) is 18.4. The summed E-state index contributed by atoms with van der Waals surface area (Å²) in [5.41, 5.74) is 4.26. The van der Waals surface area contributed by atoms with Crippen molar-refractivity contribution in [2.75, 3.05) is 5.32 Å². The van der Waals surface area contributed by atoms with E-state index < -0.39 is 5.69 Å². The average Bonchev–Trinajstić information content (AvgIpc) is 2.78. The van der Waals surface area contributed by atoms with Gasteiger partial charge < -0.3 is 5.32 Å². The third kappa shape index (κ3) is 4.12. The standard InChI is InChI=1S/C26H25N3O3/c1-17-11-13-20(14-12-17)15-29-25(31)21-8-4-5-10-23(21)28(26(29)32)16-24(30)27-22-9-6-7-18(2)19(22)3/h4-14H,15-16H2,1-3H3,(H,27,30). The predicted molar refractivity (Wildman–Crippen MR) is 127 cm³/mol. The lowest BCUT2D eigenvalue weighted by Crippen LogP contribution is -2.42. The largest absolute Gasteiger partial charge is 0.332 e. The number of aryl methyl sites for hydroxylation is 2. The minimum absolute atomic E-state index is 0.140. The highest BCUT2D eigenvalue weighted by Gasteiger charge is 2.16. The van der Waals surface area contributed by atoms with Crippen molar-refractivity contribution >= 4 is 22.5 Å². The first kappa shape index (κ1) is 21.3. The summed E-state index contributed by atoms with van der Waals surface area (Å²) in [6, 6.07) is 20.2. The van der Waals surface area contributed by atoms with Gasteiger partial charge >= 0.3 is 5.69 Å². The lowest BCUT2D eigenvalue weighted by molar-refractivity contribution is -0.116. The molecular weight excluding hydrogens is 402 g/mol. The van der Waals surface area contributed by atoms with Gasteiger partial charge in [0.15, 0.2) is 0 Å². The van der Waals surface area contributed by atoms with Crippen LogP contribution in [-0.4, -0.2) is 15.0 Å². The second-order valence-electron chi connectivity index (χ2n) is 8.06. The van der Waals surface area contributed by atoms with Gasteiger partial charge in [0, 0.05) is 5.69 Å². The van der Waals surface area contributed by atoms with Gasteiger partial charge in [0.1, 0.15) is 6.54 Å². The van der Waals surface area contributed by atoms with Crippen molar-refractivity contribution in [3.8, 4) is 0 Å². The van der Waals surface area contributed by atoms with Gasteiger partial charge in [0.2, 0.25) is 5.91 Å². The maximum atomic E-state index is 13.3. The number of para-hydroxylation sites is 1. The van der Waals surface area contributed by atoms with Crippen LogP contribution in [0.2, 0.25) is 0 Å². The van der Waals surface area contributed by atoms with Crippen LogP contribution in [-0.2, 0) is 17.9 Å². The number of fused-ring (bicyclic) bond motifs is 1. The quantitative estimate of drug-likeness (QED) is 0.527. The number of benzene rings is 3. The van der Waals surface area contributed by atoms with Gasteiger partial charge in [0.25, 0.3) is 5.56 Å². The zero-order chi connectivity index (χ0) is 22.8. The summed E-state index contributed by atoms with van der Waals surface area (Å²) in [5.74, 6) is -0.327. The molecule has 6 heteroatoms. The number of hydrogen-bond acceptors (Lipinski definition) is 3. The normalized spacial score (nSPS) is 11.0. The summed E-state index contributed by atoms with van der Waals surface area (Å²) in [4.78, 5) is 39.3. The van der Waals surface area contributed by atoms with Crippen LogP contribution in [0, 0.1) is 20.8 Å². The predicted octanol–water partition coefficient (Wildman–Crippen LogP) is 3.78. The molecule has 6 nitrogen and oxygen atoms in total. The van der Waals surface area contributed by atoms with Crippen molar-refractivity contribution in [3.05, 3.63) is 110 Å². The van der Waals surface area contributed by atoms with Gasteiger partial charge in [-0.3, -0.25) is 18.7 Å². The molecule has 0 aliphatic heterocycles. The number of hydrogen-bond donors (Lipinski definition) is 1. The highest BCUT2D eigenvalue weighted by molar-refractivity contribution is 5.92. The highest BCUT2D eigenvalue weighted by atomic mass is 16.2. The number of nitrogens with zero attached hydrogens (tertiary/aromatic N) is 2. The highest BCUT2D eigenvalue weighted by Crippen LogP contribution is 2.18. The van der Waals surface area contributed by atoms with Crippen molar-refractivity contribution in [1.82, 2.24) is 9.13 Å². The van der Waals surface area contributed by atoms with E-state index in [9.17, 15) is 14.4 Å². The molecule has 3 aromatic carbocycles. The van der Waals surface area contributed by atoms with Crippen molar-refractivity contribution < 1.29 is 4.79 Å². The maximum absolute atomic E-state index is 13.3. The smallest absolute Gasteiger partial charge is 0.324 e. The number of rotatable bonds is 5. The number of nitrogens with one attached hydrogen (secondary N) is 1. The molecule has 0 bridgehead atoms. The van der Waals surface area contributed by atoms with Crippen LogP contribution in [0.1, 0.15) is 22.3 Å². The summed E-state index contributed by atoms with van der Waals surface area (Å²) in [6.07, 6.45) is 0. The second-order valence-corrected chi connectivity index (χ2v) is 8.06. The van der Waals surface area contributed by atoms with Crippen LogP contribution in [0.5, 0.6) is 0 Å². The Labute approximate surface area is 185 Å². The molecule has 1 aromatic heterocycles. The Bertz CT molecular complexity index is 1430. The van der Waals surface area contributed by atoms with Crippen LogP contribution in [0.3, 0.4) is 0 Å². The van der Waals surface area contributed by atoms with Crippen molar-refractivity contribution in [1.29, 1.82) is 0 Å². The summed E-state index contributed by atoms with van der Waals surface area (Å²) >= 11 is 0. The number of carbonyl (C=O) groups excluding carboxylic acids is 1. The monoisotopic (exact) mass is 427 g/mol. The van der Waals surface area contributed by atoms with E-state index in [4.69, 9.17) is 0 Å². The zero-order valence-corrected chi connectivity index (χ0v) is 18.4. The summed E-state index contributed by atoms with van der Waals surface area (Å²) < 4.78 is 2.56. The van der Waals surface area contributed by atoms with Crippen LogP contribution >= 0.6 is 0 Å². The molecule has 0 saturated carbocycles. The SMILES string of the molecule is Cc1ccc(Cn2c(=O)c3ccccc3n(CC(=O)Nc3cccc(C)c3C)c2=O)cc1. The molecule has 1 amide bonds. The summed E-state index contributed by atoms with van der Waals surface area (Å²) in [6.45, 7) is 5.84. The lowest BCUT2D eigenvalue weighted by atomic mass is 10.1. The molecule has 32 heavy (non-hydrogen) atoms. The second kappa shape index (κ2) is 8.67. The Morgan fingerprint density at radius 3 is 2.31 bits per heavy atom. The van der Waals surface area contributed by atoms with E-state index in [-0.39, 0.29) is 24.6 Å². The van der Waals surface area contributed by atoms with Gasteiger partial charge in [-0.15, -0.1) is 0 Å². The third-order valence-electron chi connectivity index (χ3n) is 5.77. The van der Waals surface area contributed by atoms with E-state index in [0.29, 0.717) is 16.6 Å². The minimum Gasteiger partial charge on any atom is -0.324 e. The van der Waals surface area contributed by atoms with Crippen molar-refractivity contribution in [2.45, 2.75) is 33.9 Å². The van der Waals surface area contributed by atoms with E-state index in [1.165, 1.54) is 9.13 Å². The van der Waals surface area contributed by atoms with E-state index in [1.807, 2.05) is 63.2 Å². The van der Waals surface area contributed by atoms with Crippen LogP contribution < -0.4 is 16.6 Å². The Hall–Kier alpha value is -3.93. The van der Waals surface area contributed by atoms with Crippen LogP contribution in [0.25, 0.3) is 10.9 Å². The molecule has 0 aliphatic carbocycles. The van der Waals surface area contributed by atoms with E-state index in [0.717, 1.165) is 22.3 Å². The fourth-order valence-electron chi connectivity index (χ4n) is 3.76. The molecule has 0 saturated heterocycles. The first-order valence-electron chi connectivity index (χ1n) is 10.5. The minimum atomic E-state index is -0.509. The molecule has 4 rings (SSSR count). The molecule has 162 valence electrons. The lowest BCUT2D eigenvalue weighted by Gasteiger charge is -2.15. The molecule has 0 unspecified atom stereocenters. The number of carbonyl (C=O) groups is 1. The van der Waals surface area contributed by atoms with E-state index in [1.54, 1.807) is 24.3 Å². The van der Waals surface area contributed by atoms with E-state index in [2.05, 4.69) is 5.32 Å². The number of amides is 1. The fraction of sp³-hybridized carbons (Fsp3) is 0.192. The van der Waals surface area contributed by atoms with Crippen LogP contribution in [0.15, 0.2) is 76.3 Å². The first-order valence-corrected chi connectivity index (χ1v) is 10.5. The molecule has 0 atom stereocenters. The summed E-state index contributed by atoms with van der Waals surface area (Å²) in [5, 5.41) is 3.30. The third-order valence-corrected chi connectivity index (χ3v) is 5.77. The molecule has 1 N–H and O–H groups in total. The van der Waals surface area contributed by atoms with Gasteiger partial charge in [-0.25, -0.2) is 4.79 Å². The van der Waals surface area contributed by atoms with Gasteiger partial charge in [-0.2, -0.15) is 0 Å². The van der Waals surface area contributed by atoms with Crippen LogP contribution in [0.4, 0.5) is 5.69 Å². The molecular formula is C26H25N3O3. The first-order chi connectivity index (χ1) is 15.3. The van der Waals surface area contributed by atoms with Gasteiger partial charge in [-0.05, 0) is 55.7 Å². The number of aromatic nitrogens is 2. The van der Waals surface area contributed by atoms with Crippen molar-refractivity contribution in [2.24, 2.45) is 0 Å². The Balaban J connectivity index is 1.75. The van der Waals surface area contributed by atoms with E-state index >= 15 is 0 Å². The molecule has 0 radical (unpaired) electrons. The number of anilines is 1. The molecule has 0 fully saturated rings. The van der Waals surface area contributed by atoms with Gasteiger partial charge in [-0.1, -0.05) is 54.1 Å².